The van der Waals surface area contributed by atoms with Crippen LogP contribution in [0.15, 0.2) is 18.2 Å². The van der Waals surface area contributed by atoms with Crippen molar-refractivity contribution in [2.45, 2.75) is 57.6 Å². The van der Waals surface area contributed by atoms with Crippen LogP contribution in [0.3, 0.4) is 0 Å². The van der Waals surface area contributed by atoms with Crippen molar-refractivity contribution in [3.63, 3.8) is 0 Å². The summed E-state index contributed by atoms with van der Waals surface area (Å²) in [6.07, 6.45) is 6.33. The van der Waals surface area contributed by atoms with Crippen molar-refractivity contribution in [1.29, 1.82) is 0 Å². The minimum atomic E-state index is -0.115. The van der Waals surface area contributed by atoms with E-state index >= 15 is 0 Å². The summed E-state index contributed by atoms with van der Waals surface area (Å²) in [5, 5.41) is 3.43. The first-order valence-electron chi connectivity index (χ1n) is 8.20. The van der Waals surface area contributed by atoms with E-state index in [0.717, 1.165) is 30.4 Å². The Morgan fingerprint density at radius 1 is 1.33 bits per heavy atom. The Bertz CT molecular complexity index is 492. The monoisotopic (exact) mass is 289 g/mol. The Balaban J connectivity index is 1.67. The molecule has 1 atom stereocenters. The summed E-state index contributed by atoms with van der Waals surface area (Å²) in [6.45, 7) is 4.98. The summed E-state index contributed by atoms with van der Waals surface area (Å²) in [5.74, 6) is 2.60. The molecule has 21 heavy (non-hydrogen) atoms. The van der Waals surface area contributed by atoms with Crippen LogP contribution in [0, 0.1) is 5.92 Å². The maximum Gasteiger partial charge on any atom is 0.165 e. The van der Waals surface area contributed by atoms with Gasteiger partial charge in [0.05, 0.1) is 0 Å². The second-order valence-electron chi connectivity index (χ2n) is 7.03. The smallest absolute Gasteiger partial charge is 0.165 e. The molecule has 3 rings (SSSR count). The SMILES string of the molecule is CNC(COc1cccc2c1OC(C)(C)C2)C1CCCC1. The van der Waals surface area contributed by atoms with Crippen LogP contribution in [0.1, 0.15) is 45.1 Å². The fourth-order valence-corrected chi connectivity index (χ4v) is 3.70. The van der Waals surface area contributed by atoms with Crippen LogP contribution >= 0.6 is 0 Å². The van der Waals surface area contributed by atoms with Gasteiger partial charge >= 0.3 is 0 Å². The zero-order valence-electron chi connectivity index (χ0n) is 13.4. The highest BCUT2D eigenvalue weighted by molar-refractivity contribution is 5.50. The molecule has 1 N–H and O–H groups in total. The molecule has 1 aromatic rings. The molecule has 1 saturated carbocycles. The Labute approximate surface area is 128 Å². The average Bonchev–Trinajstić information content (AvgIpc) is 3.05. The molecule has 0 aromatic heterocycles. The summed E-state index contributed by atoms with van der Waals surface area (Å²) in [4.78, 5) is 0. The highest BCUT2D eigenvalue weighted by atomic mass is 16.5. The Hall–Kier alpha value is -1.22. The number of nitrogens with one attached hydrogen (secondary N) is 1. The minimum Gasteiger partial charge on any atom is -0.488 e. The third-order valence-corrected chi connectivity index (χ3v) is 4.81. The first-order valence-corrected chi connectivity index (χ1v) is 8.20. The van der Waals surface area contributed by atoms with Crippen LogP contribution < -0.4 is 14.8 Å². The summed E-state index contributed by atoms with van der Waals surface area (Å²) in [5.41, 5.74) is 1.15. The molecule has 116 valence electrons. The lowest BCUT2D eigenvalue weighted by atomic mass is 9.99. The van der Waals surface area contributed by atoms with E-state index in [2.05, 4.69) is 31.3 Å². The molecule has 0 amide bonds. The van der Waals surface area contributed by atoms with Crippen LogP contribution in [0.25, 0.3) is 0 Å². The lowest BCUT2D eigenvalue weighted by Crippen LogP contribution is -2.37. The van der Waals surface area contributed by atoms with Gasteiger partial charge in [0.15, 0.2) is 11.5 Å². The van der Waals surface area contributed by atoms with E-state index in [1.54, 1.807) is 0 Å². The minimum absolute atomic E-state index is 0.115. The number of benzene rings is 1. The van der Waals surface area contributed by atoms with Crippen molar-refractivity contribution in [2.24, 2.45) is 5.92 Å². The first-order chi connectivity index (χ1) is 10.1. The number of fused-ring (bicyclic) bond motifs is 1. The second kappa shape index (κ2) is 5.88. The number of para-hydroxylation sites is 1. The maximum absolute atomic E-state index is 6.12. The van der Waals surface area contributed by atoms with Gasteiger partial charge in [-0.25, -0.2) is 0 Å². The van der Waals surface area contributed by atoms with Gasteiger partial charge in [-0.1, -0.05) is 25.0 Å². The van der Waals surface area contributed by atoms with Crippen LogP contribution in [-0.2, 0) is 6.42 Å². The van der Waals surface area contributed by atoms with Gasteiger partial charge in [-0.05, 0) is 45.7 Å². The van der Waals surface area contributed by atoms with Crippen LogP contribution in [-0.4, -0.2) is 25.3 Å². The van der Waals surface area contributed by atoms with Gasteiger partial charge in [0, 0.05) is 18.0 Å². The quantitative estimate of drug-likeness (QED) is 0.899. The number of likely N-dealkylation sites (N-methyl/N-ethyl adjacent to an activating group) is 1. The molecule has 1 aliphatic carbocycles. The predicted octanol–water partition coefficient (Wildman–Crippen LogP) is 3.56. The molecule has 0 radical (unpaired) electrons. The van der Waals surface area contributed by atoms with Crippen LogP contribution in [0.4, 0.5) is 0 Å². The summed E-state index contributed by atoms with van der Waals surface area (Å²) in [6, 6.07) is 6.69. The van der Waals surface area contributed by atoms with E-state index in [-0.39, 0.29) is 5.60 Å². The first kappa shape index (κ1) is 14.7. The van der Waals surface area contributed by atoms with E-state index < -0.39 is 0 Å². The van der Waals surface area contributed by atoms with E-state index in [0.29, 0.717) is 6.04 Å². The molecule has 1 fully saturated rings. The van der Waals surface area contributed by atoms with Crippen molar-refractivity contribution in [2.75, 3.05) is 13.7 Å². The highest BCUT2D eigenvalue weighted by Crippen LogP contribution is 2.42. The summed E-state index contributed by atoms with van der Waals surface area (Å²) < 4.78 is 12.2. The van der Waals surface area contributed by atoms with Gasteiger partial charge in [0.2, 0.25) is 0 Å². The van der Waals surface area contributed by atoms with Crippen molar-refractivity contribution < 1.29 is 9.47 Å². The Morgan fingerprint density at radius 3 is 2.81 bits per heavy atom. The summed E-state index contributed by atoms with van der Waals surface area (Å²) in [7, 11) is 2.04. The third-order valence-electron chi connectivity index (χ3n) is 4.81. The predicted molar refractivity (Wildman–Crippen MR) is 85.2 cm³/mol. The van der Waals surface area contributed by atoms with Crippen LogP contribution in [0.5, 0.6) is 11.5 Å². The van der Waals surface area contributed by atoms with E-state index in [1.807, 2.05) is 13.1 Å². The molecule has 0 spiro atoms. The number of hydrogen-bond acceptors (Lipinski definition) is 3. The normalized spacial score (nSPS) is 21.9. The number of rotatable bonds is 5. The molecule has 0 bridgehead atoms. The maximum atomic E-state index is 6.12. The number of ether oxygens (including phenoxy) is 2. The molecule has 1 heterocycles. The van der Waals surface area contributed by atoms with E-state index in [1.165, 1.54) is 31.2 Å². The van der Waals surface area contributed by atoms with Gasteiger partial charge < -0.3 is 14.8 Å². The lowest BCUT2D eigenvalue weighted by molar-refractivity contribution is 0.129. The van der Waals surface area contributed by atoms with E-state index in [4.69, 9.17) is 9.47 Å². The Kier molecular flexibility index (Phi) is 4.12. The Morgan fingerprint density at radius 2 is 2.10 bits per heavy atom. The zero-order valence-corrected chi connectivity index (χ0v) is 13.4. The van der Waals surface area contributed by atoms with Gasteiger partial charge in [-0.15, -0.1) is 0 Å². The fourth-order valence-electron chi connectivity index (χ4n) is 3.70. The lowest BCUT2D eigenvalue weighted by Gasteiger charge is -2.24. The molecule has 3 nitrogen and oxygen atoms in total. The highest BCUT2D eigenvalue weighted by Gasteiger charge is 2.32. The second-order valence-corrected chi connectivity index (χ2v) is 7.03. The fraction of sp³-hybridized carbons (Fsp3) is 0.667. The molecular formula is C18H27NO2. The van der Waals surface area contributed by atoms with Gasteiger partial charge in [-0.2, -0.15) is 0 Å². The summed E-state index contributed by atoms with van der Waals surface area (Å²) >= 11 is 0. The topological polar surface area (TPSA) is 30.5 Å². The van der Waals surface area contributed by atoms with E-state index in [9.17, 15) is 0 Å². The van der Waals surface area contributed by atoms with Crippen molar-refractivity contribution in [3.8, 4) is 11.5 Å². The van der Waals surface area contributed by atoms with Gasteiger partial charge in [0.25, 0.3) is 0 Å². The molecule has 3 heteroatoms. The molecule has 1 aliphatic heterocycles. The van der Waals surface area contributed by atoms with Crippen molar-refractivity contribution in [3.05, 3.63) is 23.8 Å². The van der Waals surface area contributed by atoms with Crippen molar-refractivity contribution >= 4 is 0 Å². The molecule has 2 aliphatic rings. The molecule has 1 unspecified atom stereocenters. The number of hydrogen-bond donors (Lipinski definition) is 1. The van der Waals surface area contributed by atoms with Crippen molar-refractivity contribution in [1.82, 2.24) is 5.32 Å². The third kappa shape index (κ3) is 3.18. The largest absolute Gasteiger partial charge is 0.488 e. The molecule has 1 aromatic carbocycles. The standard InChI is InChI=1S/C18H27NO2/c1-18(2)11-14-9-6-10-16(17(14)21-18)20-12-15(19-3)13-7-4-5-8-13/h6,9-10,13,15,19H,4-5,7-8,11-12H2,1-3H3. The molecular weight excluding hydrogens is 262 g/mol. The van der Waals surface area contributed by atoms with Gasteiger partial charge in [0.1, 0.15) is 12.2 Å². The van der Waals surface area contributed by atoms with Crippen LogP contribution in [0.2, 0.25) is 0 Å². The molecule has 0 saturated heterocycles. The average molecular weight is 289 g/mol. The zero-order chi connectivity index (χ0) is 14.9. The van der Waals surface area contributed by atoms with Gasteiger partial charge in [-0.3, -0.25) is 0 Å².